The molecule has 0 bridgehead atoms. The number of anilines is 1. The SMILES string of the molecule is CCCCn1c(CCC(=O)Nc2cccc(CC)c2)nc2cc(S(=O)(=O)N3CCOCC3)ccc21. The smallest absolute Gasteiger partial charge is 0.243 e. The molecule has 2 aromatic carbocycles. The Bertz CT molecular complexity index is 1280. The summed E-state index contributed by atoms with van der Waals surface area (Å²) in [5.74, 6) is 0.731. The largest absolute Gasteiger partial charge is 0.379 e. The van der Waals surface area contributed by atoms with Crippen molar-refractivity contribution in [2.45, 2.75) is 57.4 Å². The number of imidazole rings is 1. The summed E-state index contributed by atoms with van der Waals surface area (Å²) in [4.78, 5) is 17.7. The van der Waals surface area contributed by atoms with Crippen molar-refractivity contribution in [2.75, 3.05) is 31.6 Å². The van der Waals surface area contributed by atoms with Crippen LogP contribution < -0.4 is 5.32 Å². The molecule has 0 aliphatic carbocycles. The summed E-state index contributed by atoms with van der Waals surface area (Å²) in [6.45, 7) is 6.50. The number of hydrogen-bond acceptors (Lipinski definition) is 5. The van der Waals surface area contributed by atoms with Crippen LogP contribution in [0.1, 0.15) is 44.5 Å². The summed E-state index contributed by atoms with van der Waals surface area (Å²) in [5.41, 5.74) is 3.51. The van der Waals surface area contributed by atoms with E-state index in [0.717, 1.165) is 42.8 Å². The first kappa shape index (κ1) is 25.3. The Kier molecular flexibility index (Phi) is 8.20. The Morgan fingerprint density at radius 3 is 2.66 bits per heavy atom. The van der Waals surface area contributed by atoms with Crippen molar-refractivity contribution in [3.05, 3.63) is 53.9 Å². The first-order valence-corrected chi connectivity index (χ1v) is 13.8. The van der Waals surface area contributed by atoms with Gasteiger partial charge in [-0.1, -0.05) is 32.4 Å². The highest BCUT2D eigenvalue weighted by molar-refractivity contribution is 7.89. The van der Waals surface area contributed by atoms with E-state index >= 15 is 0 Å². The van der Waals surface area contributed by atoms with Gasteiger partial charge in [0.1, 0.15) is 5.82 Å². The molecule has 35 heavy (non-hydrogen) atoms. The van der Waals surface area contributed by atoms with Gasteiger partial charge in [-0.15, -0.1) is 0 Å². The number of carbonyl (C=O) groups excluding carboxylic acids is 1. The Hall–Kier alpha value is -2.75. The number of nitrogens with zero attached hydrogens (tertiary/aromatic N) is 3. The van der Waals surface area contributed by atoms with Crippen LogP contribution >= 0.6 is 0 Å². The maximum absolute atomic E-state index is 13.1. The van der Waals surface area contributed by atoms with Crippen molar-refractivity contribution in [1.29, 1.82) is 0 Å². The number of unbranched alkanes of at least 4 members (excludes halogenated alkanes) is 1. The third kappa shape index (κ3) is 5.91. The number of hydrogen-bond donors (Lipinski definition) is 1. The zero-order valence-corrected chi connectivity index (χ0v) is 21.3. The average Bonchev–Trinajstić information content (AvgIpc) is 3.23. The van der Waals surface area contributed by atoms with Crippen LogP contribution in [0.15, 0.2) is 47.4 Å². The van der Waals surface area contributed by atoms with E-state index in [1.807, 2.05) is 30.3 Å². The van der Waals surface area contributed by atoms with Crippen molar-refractivity contribution in [3.8, 4) is 0 Å². The molecule has 1 aromatic heterocycles. The molecule has 4 rings (SSSR count). The highest BCUT2D eigenvalue weighted by atomic mass is 32.2. The van der Waals surface area contributed by atoms with E-state index in [1.165, 1.54) is 9.87 Å². The molecule has 3 aromatic rings. The van der Waals surface area contributed by atoms with Gasteiger partial charge in [0.2, 0.25) is 15.9 Å². The van der Waals surface area contributed by atoms with Gasteiger partial charge in [0.25, 0.3) is 0 Å². The summed E-state index contributed by atoms with van der Waals surface area (Å²) in [6.07, 6.45) is 3.68. The topological polar surface area (TPSA) is 93.5 Å². The summed E-state index contributed by atoms with van der Waals surface area (Å²) in [6, 6.07) is 13.0. The van der Waals surface area contributed by atoms with E-state index in [1.54, 1.807) is 12.1 Å². The summed E-state index contributed by atoms with van der Waals surface area (Å²) >= 11 is 0. The second kappa shape index (κ2) is 11.3. The zero-order valence-electron chi connectivity index (χ0n) is 20.5. The highest BCUT2D eigenvalue weighted by Crippen LogP contribution is 2.25. The molecule has 9 heteroatoms. The number of rotatable bonds is 10. The number of amides is 1. The number of aromatic nitrogens is 2. The number of carbonyl (C=O) groups is 1. The fourth-order valence-corrected chi connectivity index (χ4v) is 5.76. The number of nitrogens with one attached hydrogen (secondary N) is 1. The molecule has 1 saturated heterocycles. The molecular weight excluding hydrogens is 464 g/mol. The summed E-state index contributed by atoms with van der Waals surface area (Å²) in [5, 5.41) is 2.98. The van der Waals surface area contributed by atoms with Gasteiger partial charge in [0.05, 0.1) is 29.1 Å². The molecule has 1 fully saturated rings. The molecule has 8 nitrogen and oxygen atoms in total. The molecule has 0 atom stereocenters. The lowest BCUT2D eigenvalue weighted by Crippen LogP contribution is -2.40. The van der Waals surface area contributed by atoms with Gasteiger partial charge in [-0.3, -0.25) is 4.79 Å². The van der Waals surface area contributed by atoms with Crippen LogP contribution in [0.2, 0.25) is 0 Å². The molecule has 0 radical (unpaired) electrons. The van der Waals surface area contributed by atoms with Crippen molar-refractivity contribution < 1.29 is 17.9 Å². The molecule has 2 heterocycles. The Morgan fingerprint density at radius 1 is 1.11 bits per heavy atom. The molecule has 1 aliphatic heterocycles. The monoisotopic (exact) mass is 498 g/mol. The van der Waals surface area contributed by atoms with E-state index < -0.39 is 10.0 Å². The van der Waals surface area contributed by atoms with Gasteiger partial charge in [0, 0.05) is 38.2 Å². The lowest BCUT2D eigenvalue weighted by Gasteiger charge is -2.26. The third-order valence-electron chi connectivity index (χ3n) is 6.34. The minimum Gasteiger partial charge on any atom is -0.379 e. The zero-order chi connectivity index (χ0) is 24.8. The van der Waals surface area contributed by atoms with Crippen LogP contribution in [0.4, 0.5) is 5.69 Å². The first-order chi connectivity index (χ1) is 16.9. The third-order valence-corrected chi connectivity index (χ3v) is 8.23. The lowest BCUT2D eigenvalue weighted by molar-refractivity contribution is -0.116. The average molecular weight is 499 g/mol. The predicted octanol–water partition coefficient (Wildman–Crippen LogP) is 3.99. The van der Waals surface area contributed by atoms with Crippen LogP contribution in [0.25, 0.3) is 11.0 Å². The highest BCUT2D eigenvalue weighted by Gasteiger charge is 2.27. The van der Waals surface area contributed by atoms with Crippen LogP contribution in [0.5, 0.6) is 0 Å². The molecular formula is C26H34N4O4S. The molecule has 1 aliphatic rings. The fourth-order valence-electron chi connectivity index (χ4n) is 4.33. The Labute approximate surface area is 207 Å². The summed E-state index contributed by atoms with van der Waals surface area (Å²) < 4.78 is 35.1. The molecule has 0 spiro atoms. The van der Waals surface area contributed by atoms with Gasteiger partial charge >= 0.3 is 0 Å². The second-order valence-corrected chi connectivity index (χ2v) is 10.7. The molecule has 188 valence electrons. The molecule has 0 saturated carbocycles. The minimum atomic E-state index is -3.60. The van der Waals surface area contributed by atoms with Gasteiger partial charge in [-0.05, 0) is 48.7 Å². The van der Waals surface area contributed by atoms with Crippen molar-refractivity contribution in [2.24, 2.45) is 0 Å². The number of sulfonamides is 1. The van der Waals surface area contributed by atoms with Crippen LogP contribution in [0, 0.1) is 0 Å². The number of fused-ring (bicyclic) bond motifs is 1. The molecule has 0 unspecified atom stereocenters. The predicted molar refractivity (Wildman–Crippen MR) is 137 cm³/mol. The van der Waals surface area contributed by atoms with Crippen molar-refractivity contribution >= 4 is 32.7 Å². The Morgan fingerprint density at radius 2 is 1.91 bits per heavy atom. The second-order valence-electron chi connectivity index (χ2n) is 8.80. The summed E-state index contributed by atoms with van der Waals surface area (Å²) in [7, 11) is -3.60. The van der Waals surface area contributed by atoms with E-state index in [4.69, 9.17) is 9.72 Å². The number of ether oxygens (including phenoxy) is 1. The normalized spacial score (nSPS) is 14.9. The van der Waals surface area contributed by atoms with Crippen LogP contribution in [-0.4, -0.2) is 54.5 Å². The van der Waals surface area contributed by atoms with E-state index in [-0.39, 0.29) is 10.8 Å². The van der Waals surface area contributed by atoms with Crippen molar-refractivity contribution in [3.63, 3.8) is 0 Å². The number of aryl methyl sites for hydroxylation is 3. The molecule has 1 amide bonds. The van der Waals surface area contributed by atoms with E-state index in [9.17, 15) is 13.2 Å². The van der Waals surface area contributed by atoms with Gasteiger partial charge in [-0.25, -0.2) is 13.4 Å². The van der Waals surface area contributed by atoms with E-state index in [2.05, 4.69) is 23.7 Å². The minimum absolute atomic E-state index is 0.0667. The molecule has 1 N–H and O–H groups in total. The van der Waals surface area contributed by atoms with Gasteiger partial charge in [0.15, 0.2) is 0 Å². The maximum atomic E-state index is 13.1. The lowest BCUT2D eigenvalue weighted by atomic mass is 10.1. The quantitative estimate of drug-likeness (QED) is 0.456. The van der Waals surface area contributed by atoms with E-state index in [0.29, 0.717) is 44.7 Å². The fraction of sp³-hybridized carbons (Fsp3) is 0.462. The Balaban J connectivity index is 1.54. The van der Waals surface area contributed by atoms with Gasteiger partial charge < -0.3 is 14.6 Å². The van der Waals surface area contributed by atoms with Crippen LogP contribution in [-0.2, 0) is 38.9 Å². The number of benzene rings is 2. The van der Waals surface area contributed by atoms with Gasteiger partial charge in [-0.2, -0.15) is 4.31 Å². The van der Waals surface area contributed by atoms with Crippen molar-refractivity contribution in [1.82, 2.24) is 13.9 Å². The standard InChI is InChI=1S/C26H34N4O4S/c1-3-5-13-30-24-10-9-22(35(32,33)29-14-16-34-17-15-29)19-23(24)28-25(30)11-12-26(31)27-21-8-6-7-20(4-2)18-21/h6-10,18-19H,3-5,11-17H2,1-2H3,(H,27,31). The van der Waals surface area contributed by atoms with Crippen LogP contribution in [0.3, 0.4) is 0 Å². The first-order valence-electron chi connectivity index (χ1n) is 12.4. The maximum Gasteiger partial charge on any atom is 0.243 e. The number of morpholine rings is 1.